The van der Waals surface area contributed by atoms with Crippen molar-refractivity contribution in [2.24, 2.45) is 0 Å². The number of aromatic nitrogens is 2. The molecule has 0 aliphatic carbocycles. The highest BCUT2D eigenvalue weighted by Gasteiger charge is 2.09. The van der Waals surface area contributed by atoms with Crippen molar-refractivity contribution in [1.29, 1.82) is 0 Å². The lowest BCUT2D eigenvalue weighted by Crippen LogP contribution is -2.31. The van der Waals surface area contributed by atoms with E-state index in [9.17, 15) is 0 Å². The predicted octanol–water partition coefficient (Wildman–Crippen LogP) is 1.81. The number of hydrogen-bond donors (Lipinski definition) is 1. The molecule has 1 atom stereocenters. The third-order valence-electron chi connectivity index (χ3n) is 2.46. The summed E-state index contributed by atoms with van der Waals surface area (Å²) in [5, 5.41) is 3.46. The number of ether oxygens (including phenoxy) is 1. The molecule has 0 aromatic carbocycles. The smallest absolute Gasteiger partial charge is 0.232 e. The summed E-state index contributed by atoms with van der Waals surface area (Å²) in [6.45, 7) is 5.31. The summed E-state index contributed by atoms with van der Waals surface area (Å²) in [5.74, 6) is 0.587. The van der Waals surface area contributed by atoms with Gasteiger partial charge in [0.25, 0.3) is 0 Å². The molecule has 1 aromatic heterocycles. The molecule has 0 radical (unpaired) electrons. The average molecular weight is 223 g/mol. The van der Waals surface area contributed by atoms with Gasteiger partial charge in [-0.2, -0.15) is 0 Å². The fourth-order valence-electron chi connectivity index (χ4n) is 1.75. The van der Waals surface area contributed by atoms with Gasteiger partial charge in [-0.3, -0.25) is 4.98 Å². The Labute approximate surface area is 97.5 Å². The van der Waals surface area contributed by atoms with Crippen LogP contribution in [0.15, 0.2) is 12.4 Å². The molecule has 0 aliphatic heterocycles. The third-order valence-corrected chi connectivity index (χ3v) is 2.46. The summed E-state index contributed by atoms with van der Waals surface area (Å²) in [4.78, 5) is 8.48. The van der Waals surface area contributed by atoms with E-state index in [0.29, 0.717) is 11.9 Å². The van der Waals surface area contributed by atoms with E-state index in [-0.39, 0.29) is 0 Å². The van der Waals surface area contributed by atoms with Gasteiger partial charge in [-0.1, -0.05) is 20.3 Å². The minimum atomic E-state index is 0.483. The maximum absolute atomic E-state index is 5.06. The van der Waals surface area contributed by atoms with E-state index in [1.807, 2.05) is 6.20 Å². The molecule has 90 valence electrons. The van der Waals surface area contributed by atoms with E-state index in [1.165, 1.54) is 6.42 Å². The Balaban J connectivity index is 2.60. The molecule has 4 nitrogen and oxygen atoms in total. The van der Waals surface area contributed by atoms with Crippen LogP contribution in [0.2, 0.25) is 0 Å². The van der Waals surface area contributed by atoms with Gasteiger partial charge in [-0.15, -0.1) is 0 Å². The number of hydrogen-bond acceptors (Lipinski definition) is 4. The van der Waals surface area contributed by atoms with Crippen molar-refractivity contribution >= 4 is 0 Å². The molecule has 0 bridgehead atoms. The second-order valence-electron chi connectivity index (χ2n) is 3.80. The maximum atomic E-state index is 5.06. The van der Waals surface area contributed by atoms with E-state index in [0.717, 1.165) is 25.1 Å². The topological polar surface area (TPSA) is 47.0 Å². The average Bonchev–Trinajstić information content (AvgIpc) is 2.30. The van der Waals surface area contributed by atoms with Crippen LogP contribution in [0, 0.1) is 0 Å². The van der Waals surface area contributed by atoms with Gasteiger partial charge in [0.2, 0.25) is 5.88 Å². The van der Waals surface area contributed by atoms with E-state index in [4.69, 9.17) is 4.74 Å². The predicted molar refractivity (Wildman–Crippen MR) is 64.7 cm³/mol. The molecular formula is C12H21N3O. The molecule has 1 heterocycles. The third kappa shape index (κ3) is 4.14. The molecule has 0 amide bonds. The largest absolute Gasteiger partial charge is 0.480 e. The Kier molecular flexibility index (Phi) is 5.78. The van der Waals surface area contributed by atoms with E-state index in [1.54, 1.807) is 13.3 Å². The summed E-state index contributed by atoms with van der Waals surface area (Å²) in [7, 11) is 1.61. The Morgan fingerprint density at radius 1 is 1.38 bits per heavy atom. The molecule has 0 spiro atoms. The monoisotopic (exact) mass is 223 g/mol. The second-order valence-corrected chi connectivity index (χ2v) is 3.80. The Morgan fingerprint density at radius 2 is 2.19 bits per heavy atom. The van der Waals surface area contributed by atoms with Crippen molar-refractivity contribution in [3.8, 4) is 5.88 Å². The van der Waals surface area contributed by atoms with Crippen LogP contribution >= 0.6 is 0 Å². The highest BCUT2D eigenvalue weighted by atomic mass is 16.5. The zero-order valence-corrected chi connectivity index (χ0v) is 10.4. The van der Waals surface area contributed by atoms with Crippen LogP contribution in [0.25, 0.3) is 0 Å². The van der Waals surface area contributed by atoms with Gasteiger partial charge in [0.1, 0.15) is 0 Å². The molecule has 1 rings (SSSR count). The molecule has 4 heteroatoms. The van der Waals surface area contributed by atoms with Crippen molar-refractivity contribution in [3.05, 3.63) is 18.1 Å². The lowest BCUT2D eigenvalue weighted by atomic mass is 10.1. The first-order valence-electron chi connectivity index (χ1n) is 5.88. The van der Waals surface area contributed by atoms with Gasteiger partial charge < -0.3 is 10.1 Å². The van der Waals surface area contributed by atoms with Crippen molar-refractivity contribution < 1.29 is 4.74 Å². The van der Waals surface area contributed by atoms with Gasteiger partial charge in [0.05, 0.1) is 19.0 Å². The van der Waals surface area contributed by atoms with Crippen LogP contribution < -0.4 is 10.1 Å². The molecule has 0 fully saturated rings. The first-order chi connectivity index (χ1) is 7.80. The minimum absolute atomic E-state index is 0.483. The molecule has 0 saturated carbocycles. The zero-order valence-electron chi connectivity index (χ0n) is 10.4. The van der Waals surface area contributed by atoms with Gasteiger partial charge in [-0.05, 0) is 13.0 Å². The van der Waals surface area contributed by atoms with Crippen LogP contribution in [0.4, 0.5) is 0 Å². The Bertz CT molecular complexity index is 298. The van der Waals surface area contributed by atoms with Crippen molar-refractivity contribution in [1.82, 2.24) is 15.3 Å². The molecule has 0 saturated heterocycles. The van der Waals surface area contributed by atoms with Gasteiger partial charge in [0.15, 0.2) is 0 Å². The quantitative estimate of drug-likeness (QED) is 0.765. The van der Waals surface area contributed by atoms with E-state index in [2.05, 4.69) is 29.1 Å². The molecule has 1 unspecified atom stereocenters. The van der Waals surface area contributed by atoms with Crippen molar-refractivity contribution in [2.45, 2.75) is 39.2 Å². The normalized spacial score (nSPS) is 12.4. The lowest BCUT2D eigenvalue weighted by Gasteiger charge is -2.16. The summed E-state index contributed by atoms with van der Waals surface area (Å²) >= 11 is 0. The SMILES string of the molecule is CCCC(Cc1cncc(OC)n1)NCC. The minimum Gasteiger partial charge on any atom is -0.480 e. The molecular weight excluding hydrogens is 202 g/mol. The van der Waals surface area contributed by atoms with Crippen LogP contribution in [0.5, 0.6) is 5.88 Å². The van der Waals surface area contributed by atoms with Gasteiger partial charge in [0, 0.05) is 18.7 Å². The first kappa shape index (κ1) is 12.9. The molecule has 1 aromatic rings. The second kappa shape index (κ2) is 7.17. The fourth-order valence-corrected chi connectivity index (χ4v) is 1.75. The van der Waals surface area contributed by atoms with Crippen LogP contribution in [-0.4, -0.2) is 29.7 Å². The number of rotatable bonds is 7. The highest BCUT2D eigenvalue weighted by molar-refractivity contribution is 5.09. The van der Waals surface area contributed by atoms with Crippen molar-refractivity contribution in [2.75, 3.05) is 13.7 Å². The lowest BCUT2D eigenvalue weighted by molar-refractivity contribution is 0.391. The number of nitrogens with one attached hydrogen (secondary N) is 1. The van der Waals surface area contributed by atoms with Crippen LogP contribution in [-0.2, 0) is 6.42 Å². The van der Waals surface area contributed by atoms with Crippen LogP contribution in [0.3, 0.4) is 0 Å². The molecule has 1 N–H and O–H groups in total. The number of likely N-dealkylation sites (N-methyl/N-ethyl adjacent to an activating group) is 1. The first-order valence-corrected chi connectivity index (χ1v) is 5.88. The summed E-state index contributed by atoms with van der Waals surface area (Å²) in [5.41, 5.74) is 0.985. The highest BCUT2D eigenvalue weighted by Crippen LogP contribution is 2.08. The van der Waals surface area contributed by atoms with E-state index < -0.39 is 0 Å². The fraction of sp³-hybridized carbons (Fsp3) is 0.667. The van der Waals surface area contributed by atoms with Gasteiger partial charge in [-0.25, -0.2) is 4.98 Å². The summed E-state index contributed by atoms with van der Waals surface area (Å²) < 4.78 is 5.06. The molecule has 0 aliphatic rings. The molecule has 16 heavy (non-hydrogen) atoms. The number of methoxy groups -OCH3 is 1. The van der Waals surface area contributed by atoms with E-state index >= 15 is 0 Å². The number of nitrogens with zero attached hydrogens (tertiary/aromatic N) is 2. The Morgan fingerprint density at radius 3 is 2.81 bits per heavy atom. The van der Waals surface area contributed by atoms with Crippen LogP contribution in [0.1, 0.15) is 32.4 Å². The Hall–Kier alpha value is -1.16. The summed E-state index contributed by atoms with van der Waals surface area (Å²) in [6.07, 6.45) is 6.68. The maximum Gasteiger partial charge on any atom is 0.232 e. The zero-order chi connectivity index (χ0) is 11.8. The standard InChI is InChI=1S/C12H21N3O/c1-4-6-10(14-5-2)7-11-8-13-9-12(15-11)16-3/h8-10,14H,4-7H2,1-3H3. The summed E-state index contributed by atoms with van der Waals surface area (Å²) in [6, 6.07) is 0.483. The van der Waals surface area contributed by atoms with Gasteiger partial charge >= 0.3 is 0 Å². The van der Waals surface area contributed by atoms with Crippen molar-refractivity contribution in [3.63, 3.8) is 0 Å².